The van der Waals surface area contributed by atoms with Gasteiger partial charge in [0.15, 0.2) is 0 Å². The fraction of sp³-hybridized carbons (Fsp3) is 0.533. The molecule has 1 heterocycles. The van der Waals surface area contributed by atoms with Crippen LogP contribution >= 0.6 is 15.9 Å². The lowest BCUT2D eigenvalue weighted by molar-refractivity contribution is 0.0699. The molecule has 1 aromatic carbocycles. The van der Waals surface area contributed by atoms with Crippen LogP contribution < -0.4 is 0 Å². The first kappa shape index (κ1) is 14.4. The Kier molecular flexibility index (Phi) is 4.86. The molecule has 0 saturated carbocycles. The van der Waals surface area contributed by atoms with E-state index in [-0.39, 0.29) is 17.7 Å². The predicted octanol–water partition coefficient (Wildman–Crippen LogP) is 3.48. The van der Waals surface area contributed by atoms with Gasteiger partial charge in [-0.3, -0.25) is 4.79 Å². The highest BCUT2D eigenvalue weighted by Crippen LogP contribution is 2.25. The van der Waals surface area contributed by atoms with E-state index >= 15 is 0 Å². The summed E-state index contributed by atoms with van der Waals surface area (Å²) in [6.07, 6.45) is 4.41. The van der Waals surface area contributed by atoms with E-state index in [4.69, 9.17) is 0 Å². The van der Waals surface area contributed by atoms with E-state index in [9.17, 15) is 9.90 Å². The van der Waals surface area contributed by atoms with Crippen LogP contribution in [0.4, 0.5) is 0 Å². The third kappa shape index (κ3) is 3.30. The molecular weight excluding hydrogens is 306 g/mol. The first-order chi connectivity index (χ1) is 9.13. The highest BCUT2D eigenvalue weighted by atomic mass is 79.9. The summed E-state index contributed by atoms with van der Waals surface area (Å²) in [5, 5.41) is 10.7. The molecule has 0 radical (unpaired) electrons. The van der Waals surface area contributed by atoms with Crippen LogP contribution in [0.25, 0.3) is 0 Å². The lowest BCUT2D eigenvalue weighted by atomic mass is 10.1. The van der Waals surface area contributed by atoms with Gasteiger partial charge in [-0.2, -0.15) is 0 Å². The highest BCUT2D eigenvalue weighted by Gasteiger charge is 2.26. The normalized spacial score (nSPS) is 20.1. The quantitative estimate of drug-likeness (QED) is 0.845. The molecule has 1 aromatic rings. The molecule has 1 N–H and O–H groups in total. The standard InChI is InChI=1S/C15H20BrNO2/c1-11-6-7-14(18)13(9-11)15(19)17-8-4-2-3-5-12(17)10-16/h6-7,9,12,18H,2-5,8,10H2,1H3. The molecule has 0 bridgehead atoms. The van der Waals surface area contributed by atoms with Crippen molar-refractivity contribution >= 4 is 21.8 Å². The summed E-state index contributed by atoms with van der Waals surface area (Å²) >= 11 is 3.50. The van der Waals surface area contributed by atoms with Crippen molar-refractivity contribution < 1.29 is 9.90 Å². The second kappa shape index (κ2) is 6.42. The Morgan fingerprint density at radius 1 is 1.42 bits per heavy atom. The fourth-order valence-electron chi connectivity index (χ4n) is 2.58. The van der Waals surface area contributed by atoms with Gasteiger partial charge in [-0.15, -0.1) is 0 Å². The third-order valence-corrected chi connectivity index (χ3v) is 4.45. The number of halogens is 1. The molecular formula is C15H20BrNO2. The van der Waals surface area contributed by atoms with Crippen molar-refractivity contribution in [2.75, 3.05) is 11.9 Å². The van der Waals surface area contributed by atoms with Gasteiger partial charge in [0.2, 0.25) is 0 Å². The van der Waals surface area contributed by atoms with Gasteiger partial charge in [-0.05, 0) is 31.9 Å². The maximum absolute atomic E-state index is 12.6. The number of alkyl halides is 1. The van der Waals surface area contributed by atoms with E-state index in [1.165, 1.54) is 12.8 Å². The number of likely N-dealkylation sites (tertiary alicyclic amines) is 1. The first-order valence-electron chi connectivity index (χ1n) is 6.80. The molecule has 1 saturated heterocycles. The number of hydrogen-bond donors (Lipinski definition) is 1. The number of rotatable bonds is 2. The molecule has 1 unspecified atom stereocenters. The Hall–Kier alpha value is -1.03. The van der Waals surface area contributed by atoms with Crippen LogP contribution in [0, 0.1) is 6.92 Å². The maximum Gasteiger partial charge on any atom is 0.257 e. The average molecular weight is 326 g/mol. The molecule has 104 valence electrons. The summed E-state index contributed by atoms with van der Waals surface area (Å²) in [7, 11) is 0. The Morgan fingerprint density at radius 2 is 2.21 bits per heavy atom. The molecule has 0 spiro atoms. The van der Waals surface area contributed by atoms with Gasteiger partial charge in [-0.1, -0.05) is 40.4 Å². The van der Waals surface area contributed by atoms with E-state index in [0.717, 1.165) is 30.3 Å². The molecule has 19 heavy (non-hydrogen) atoms. The summed E-state index contributed by atoms with van der Waals surface area (Å²) in [6, 6.07) is 5.42. The fourth-order valence-corrected chi connectivity index (χ4v) is 3.25. The number of phenolic OH excluding ortho intramolecular Hbond substituents is 1. The monoisotopic (exact) mass is 325 g/mol. The number of carbonyl (C=O) groups excluding carboxylic acids is 1. The molecule has 1 amide bonds. The van der Waals surface area contributed by atoms with E-state index in [0.29, 0.717) is 5.56 Å². The SMILES string of the molecule is Cc1ccc(O)c(C(=O)N2CCCCCC2CBr)c1. The zero-order chi connectivity index (χ0) is 13.8. The molecule has 1 aliphatic heterocycles. The summed E-state index contributed by atoms with van der Waals surface area (Å²) in [4.78, 5) is 14.6. The van der Waals surface area contributed by atoms with Crippen LogP contribution in [0.5, 0.6) is 5.75 Å². The zero-order valence-electron chi connectivity index (χ0n) is 11.2. The Morgan fingerprint density at radius 3 is 2.95 bits per heavy atom. The van der Waals surface area contributed by atoms with E-state index < -0.39 is 0 Å². The average Bonchev–Trinajstić information content (AvgIpc) is 2.65. The van der Waals surface area contributed by atoms with Crippen LogP contribution in [0.1, 0.15) is 41.6 Å². The van der Waals surface area contributed by atoms with Gasteiger partial charge in [0.1, 0.15) is 5.75 Å². The number of hydrogen-bond acceptors (Lipinski definition) is 2. The van der Waals surface area contributed by atoms with Crippen molar-refractivity contribution in [3.63, 3.8) is 0 Å². The van der Waals surface area contributed by atoms with Gasteiger partial charge < -0.3 is 10.0 Å². The lowest BCUT2D eigenvalue weighted by Gasteiger charge is -2.29. The Bertz CT molecular complexity index is 461. The molecule has 4 heteroatoms. The summed E-state index contributed by atoms with van der Waals surface area (Å²) in [5.74, 6) is 0.0284. The number of phenols is 1. The molecule has 1 aliphatic rings. The Balaban J connectivity index is 2.27. The molecule has 1 atom stereocenters. The van der Waals surface area contributed by atoms with Crippen molar-refractivity contribution in [3.05, 3.63) is 29.3 Å². The van der Waals surface area contributed by atoms with Crippen LogP contribution in [0.3, 0.4) is 0 Å². The smallest absolute Gasteiger partial charge is 0.257 e. The van der Waals surface area contributed by atoms with Crippen molar-refractivity contribution in [3.8, 4) is 5.75 Å². The number of aryl methyl sites for hydroxylation is 1. The highest BCUT2D eigenvalue weighted by molar-refractivity contribution is 9.09. The number of amides is 1. The largest absolute Gasteiger partial charge is 0.507 e. The summed E-state index contributed by atoms with van der Waals surface area (Å²) in [6.45, 7) is 2.71. The third-order valence-electron chi connectivity index (χ3n) is 3.70. The van der Waals surface area contributed by atoms with Gasteiger partial charge in [0.05, 0.1) is 5.56 Å². The van der Waals surface area contributed by atoms with Crippen molar-refractivity contribution in [1.29, 1.82) is 0 Å². The van der Waals surface area contributed by atoms with E-state index in [2.05, 4.69) is 15.9 Å². The zero-order valence-corrected chi connectivity index (χ0v) is 12.8. The second-order valence-electron chi connectivity index (χ2n) is 5.18. The van der Waals surface area contributed by atoms with Gasteiger partial charge in [0.25, 0.3) is 5.91 Å². The molecule has 1 fully saturated rings. The minimum Gasteiger partial charge on any atom is -0.507 e. The van der Waals surface area contributed by atoms with E-state index in [1.807, 2.05) is 17.9 Å². The predicted molar refractivity (Wildman–Crippen MR) is 79.9 cm³/mol. The summed E-state index contributed by atoms with van der Waals surface area (Å²) < 4.78 is 0. The minimum atomic E-state index is -0.0486. The van der Waals surface area contributed by atoms with Gasteiger partial charge in [0, 0.05) is 17.9 Å². The van der Waals surface area contributed by atoms with Gasteiger partial charge in [-0.25, -0.2) is 0 Å². The second-order valence-corrected chi connectivity index (χ2v) is 5.82. The number of carbonyl (C=O) groups is 1. The molecule has 2 rings (SSSR count). The van der Waals surface area contributed by atoms with Gasteiger partial charge >= 0.3 is 0 Å². The summed E-state index contributed by atoms with van der Waals surface area (Å²) in [5.41, 5.74) is 1.42. The maximum atomic E-state index is 12.6. The van der Waals surface area contributed by atoms with Crippen LogP contribution in [-0.4, -0.2) is 33.8 Å². The van der Waals surface area contributed by atoms with Crippen LogP contribution in [0.2, 0.25) is 0 Å². The molecule has 0 aliphatic carbocycles. The van der Waals surface area contributed by atoms with Crippen molar-refractivity contribution in [1.82, 2.24) is 4.90 Å². The minimum absolute atomic E-state index is 0.0486. The molecule has 3 nitrogen and oxygen atoms in total. The van der Waals surface area contributed by atoms with Crippen molar-refractivity contribution in [2.24, 2.45) is 0 Å². The van der Waals surface area contributed by atoms with Crippen LogP contribution in [-0.2, 0) is 0 Å². The first-order valence-corrected chi connectivity index (χ1v) is 7.92. The number of aromatic hydroxyl groups is 1. The Labute approximate surface area is 122 Å². The van der Waals surface area contributed by atoms with E-state index in [1.54, 1.807) is 12.1 Å². The molecule has 0 aromatic heterocycles. The number of benzene rings is 1. The lowest BCUT2D eigenvalue weighted by Crippen LogP contribution is -2.41. The van der Waals surface area contributed by atoms with Crippen LogP contribution in [0.15, 0.2) is 18.2 Å². The van der Waals surface area contributed by atoms with Crippen molar-refractivity contribution in [2.45, 2.75) is 38.6 Å². The number of nitrogens with zero attached hydrogens (tertiary/aromatic N) is 1. The topological polar surface area (TPSA) is 40.5 Å².